The number of methoxy groups -OCH3 is 1. The van der Waals surface area contributed by atoms with Gasteiger partial charge in [0.05, 0.1) is 0 Å². The number of ether oxygens (including phenoxy) is 1. The lowest BCUT2D eigenvalue weighted by Crippen LogP contribution is -2.39. The summed E-state index contributed by atoms with van der Waals surface area (Å²) in [4.78, 5) is 29.2. The Kier molecular flexibility index (Phi) is 7.44. The Morgan fingerprint density at radius 2 is 1.17 bits per heavy atom. The van der Waals surface area contributed by atoms with Crippen LogP contribution in [0, 0.1) is 0 Å². The van der Waals surface area contributed by atoms with Gasteiger partial charge >= 0.3 is 23.9 Å². The molecular formula is C8H8F6O4. The topological polar surface area (TPSA) is 60.4 Å². The first kappa shape index (κ1) is 18.9. The van der Waals surface area contributed by atoms with Crippen molar-refractivity contribution >= 4 is 17.3 Å². The van der Waals surface area contributed by atoms with Gasteiger partial charge < -0.3 is 4.74 Å². The molecule has 0 aliphatic rings. The van der Waals surface area contributed by atoms with E-state index >= 15 is 0 Å². The van der Waals surface area contributed by atoms with E-state index in [4.69, 9.17) is 0 Å². The lowest BCUT2D eigenvalue weighted by atomic mass is 10.2. The van der Waals surface area contributed by atoms with E-state index in [-0.39, 0.29) is 12.4 Å². The van der Waals surface area contributed by atoms with Crippen molar-refractivity contribution in [3.8, 4) is 0 Å². The molecule has 0 saturated heterocycles. The summed E-state index contributed by atoms with van der Waals surface area (Å²) in [7, 11) is 1.50. The van der Waals surface area contributed by atoms with Crippen molar-refractivity contribution < 1.29 is 45.5 Å². The van der Waals surface area contributed by atoms with Gasteiger partial charge in [0, 0.05) is 7.11 Å². The molecule has 0 aliphatic carbocycles. The van der Waals surface area contributed by atoms with Crippen LogP contribution < -0.4 is 0 Å². The van der Waals surface area contributed by atoms with E-state index in [9.17, 15) is 40.7 Å². The number of rotatable bonds is 3. The van der Waals surface area contributed by atoms with E-state index in [2.05, 4.69) is 4.74 Å². The van der Waals surface area contributed by atoms with Crippen LogP contribution in [0.5, 0.6) is 0 Å². The van der Waals surface area contributed by atoms with Crippen molar-refractivity contribution in [3.63, 3.8) is 0 Å². The summed E-state index contributed by atoms with van der Waals surface area (Å²) in [5.41, 5.74) is 0. The SMILES string of the molecule is COCC(C)=O.O=C(C(=O)C(F)(F)F)C(F)(F)F. The summed E-state index contributed by atoms with van der Waals surface area (Å²) in [6.45, 7) is 1.73. The molecule has 0 saturated carbocycles. The molecule has 106 valence electrons. The number of halogens is 6. The maximum Gasteiger partial charge on any atom is 0.458 e. The Balaban J connectivity index is 0. The molecule has 18 heavy (non-hydrogen) atoms. The predicted molar refractivity (Wildman–Crippen MR) is 44.7 cm³/mol. The molecule has 10 heteroatoms. The first-order valence-electron chi connectivity index (χ1n) is 4.05. The molecule has 0 aliphatic heterocycles. The maximum absolute atomic E-state index is 11.2. The van der Waals surface area contributed by atoms with E-state index in [1.165, 1.54) is 14.0 Å². The maximum atomic E-state index is 11.2. The Morgan fingerprint density at radius 3 is 1.22 bits per heavy atom. The van der Waals surface area contributed by atoms with Gasteiger partial charge in [-0.15, -0.1) is 0 Å². The highest BCUT2D eigenvalue weighted by Gasteiger charge is 2.54. The van der Waals surface area contributed by atoms with Gasteiger partial charge in [-0.2, -0.15) is 26.3 Å². The van der Waals surface area contributed by atoms with Gasteiger partial charge in [0.2, 0.25) is 0 Å². The molecule has 0 amide bonds. The number of carbonyl (C=O) groups is 3. The number of alkyl halides is 6. The highest BCUT2D eigenvalue weighted by molar-refractivity contribution is 6.41. The zero-order chi connectivity index (χ0) is 15.1. The second-order valence-corrected chi connectivity index (χ2v) is 2.79. The highest BCUT2D eigenvalue weighted by Crippen LogP contribution is 2.23. The molecule has 0 rings (SSSR count). The molecule has 4 nitrogen and oxygen atoms in total. The molecule has 0 aromatic rings. The van der Waals surface area contributed by atoms with Gasteiger partial charge in [-0.25, -0.2) is 0 Å². The van der Waals surface area contributed by atoms with Crippen LogP contribution in [-0.2, 0) is 19.1 Å². The first-order chi connectivity index (χ1) is 7.84. The number of ketones is 3. The second kappa shape index (κ2) is 7.09. The van der Waals surface area contributed by atoms with Gasteiger partial charge in [-0.3, -0.25) is 14.4 Å². The number of carbonyl (C=O) groups excluding carboxylic acids is 3. The van der Waals surface area contributed by atoms with E-state index in [1.807, 2.05) is 0 Å². The lowest BCUT2D eigenvalue weighted by Gasteiger charge is -2.05. The van der Waals surface area contributed by atoms with E-state index in [0.717, 1.165) is 0 Å². The molecule has 0 aromatic heterocycles. The van der Waals surface area contributed by atoms with Crippen LogP contribution in [0.25, 0.3) is 0 Å². The zero-order valence-corrected chi connectivity index (χ0v) is 9.11. The van der Waals surface area contributed by atoms with Crippen LogP contribution in [-0.4, -0.2) is 43.4 Å². The van der Waals surface area contributed by atoms with Crippen molar-refractivity contribution in [2.45, 2.75) is 19.3 Å². The molecule has 0 N–H and O–H groups in total. The molecule has 0 aromatic carbocycles. The van der Waals surface area contributed by atoms with Crippen molar-refractivity contribution in [1.29, 1.82) is 0 Å². The molecule has 0 heterocycles. The fourth-order valence-electron chi connectivity index (χ4n) is 0.461. The third kappa shape index (κ3) is 8.67. The molecule has 0 spiro atoms. The largest absolute Gasteiger partial charge is 0.458 e. The Labute approximate surface area is 96.9 Å². The fraction of sp³-hybridized carbons (Fsp3) is 0.625. The Morgan fingerprint density at radius 1 is 0.889 bits per heavy atom. The summed E-state index contributed by atoms with van der Waals surface area (Å²) in [6, 6.07) is 0. The summed E-state index contributed by atoms with van der Waals surface area (Å²) >= 11 is 0. The summed E-state index contributed by atoms with van der Waals surface area (Å²) in [5.74, 6) is -6.75. The zero-order valence-electron chi connectivity index (χ0n) is 9.11. The van der Waals surface area contributed by atoms with Crippen molar-refractivity contribution in [3.05, 3.63) is 0 Å². The monoisotopic (exact) mass is 282 g/mol. The van der Waals surface area contributed by atoms with Gasteiger partial charge in [0.15, 0.2) is 5.78 Å². The average Bonchev–Trinajstić information content (AvgIpc) is 2.13. The highest BCUT2D eigenvalue weighted by atomic mass is 19.4. The lowest BCUT2D eigenvalue weighted by molar-refractivity contribution is -0.193. The summed E-state index contributed by atoms with van der Waals surface area (Å²) < 4.78 is 71.4. The van der Waals surface area contributed by atoms with Crippen LogP contribution in [0.4, 0.5) is 26.3 Å². The predicted octanol–water partition coefficient (Wildman–Crippen LogP) is 1.47. The van der Waals surface area contributed by atoms with Crippen LogP contribution in [0.3, 0.4) is 0 Å². The van der Waals surface area contributed by atoms with E-state index < -0.39 is 23.9 Å². The molecule has 0 fully saturated rings. The minimum absolute atomic E-state index is 0.0671. The summed E-state index contributed by atoms with van der Waals surface area (Å²) in [6.07, 6.45) is -11.5. The Bertz CT molecular complexity index is 293. The second-order valence-electron chi connectivity index (χ2n) is 2.79. The van der Waals surface area contributed by atoms with Gasteiger partial charge in [0.25, 0.3) is 0 Å². The number of hydrogen-bond acceptors (Lipinski definition) is 4. The minimum atomic E-state index is -5.77. The number of hydrogen-bond donors (Lipinski definition) is 0. The summed E-state index contributed by atoms with van der Waals surface area (Å²) in [5, 5.41) is 0. The normalized spacial score (nSPS) is 11.3. The molecule has 0 radical (unpaired) electrons. The van der Waals surface area contributed by atoms with E-state index in [0.29, 0.717) is 0 Å². The molecule has 0 atom stereocenters. The van der Waals surface area contributed by atoms with E-state index in [1.54, 1.807) is 0 Å². The van der Waals surface area contributed by atoms with Gasteiger partial charge in [0.1, 0.15) is 6.61 Å². The standard InChI is InChI=1S/C4F6O2.C4H8O2/c5-3(6,7)1(11)2(12)4(8,9)10;1-4(5)3-6-2/h;3H2,1-2H3. The quantitative estimate of drug-likeness (QED) is 0.581. The average molecular weight is 282 g/mol. The van der Waals surface area contributed by atoms with Crippen LogP contribution in [0.1, 0.15) is 6.92 Å². The first-order valence-corrected chi connectivity index (χ1v) is 4.05. The Hall–Kier alpha value is -1.45. The number of Topliss-reactive ketones (excluding diaryl/α,β-unsaturated/α-hetero) is 3. The van der Waals surface area contributed by atoms with Crippen LogP contribution >= 0.6 is 0 Å². The molecular weight excluding hydrogens is 274 g/mol. The third-order valence-electron chi connectivity index (χ3n) is 1.07. The van der Waals surface area contributed by atoms with Crippen molar-refractivity contribution in [2.24, 2.45) is 0 Å². The van der Waals surface area contributed by atoms with Crippen LogP contribution in [0.2, 0.25) is 0 Å². The fourth-order valence-corrected chi connectivity index (χ4v) is 0.461. The third-order valence-corrected chi connectivity index (χ3v) is 1.07. The van der Waals surface area contributed by atoms with Crippen molar-refractivity contribution in [1.82, 2.24) is 0 Å². The smallest absolute Gasteiger partial charge is 0.377 e. The minimum Gasteiger partial charge on any atom is -0.377 e. The van der Waals surface area contributed by atoms with Crippen LogP contribution in [0.15, 0.2) is 0 Å². The molecule has 0 bridgehead atoms. The molecule has 0 unspecified atom stereocenters. The van der Waals surface area contributed by atoms with Crippen molar-refractivity contribution in [2.75, 3.05) is 13.7 Å². The van der Waals surface area contributed by atoms with Gasteiger partial charge in [-0.05, 0) is 6.92 Å². The van der Waals surface area contributed by atoms with Gasteiger partial charge in [-0.1, -0.05) is 0 Å².